The molecule has 2 atom stereocenters. The summed E-state index contributed by atoms with van der Waals surface area (Å²) >= 11 is 0. The summed E-state index contributed by atoms with van der Waals surface area (Å²) in [6.07, 6.45) is 2.93. The minimum Gasteiger partial charge on any atom is -0.733 e. The van der Waals surface area contributed by atoms with Gasteiger partial charge < -0.3 is 24.5 Å². The lowest BCUT2D eigenvalue weighted by Gasteiger charge is -2.43. The van der Waals surface area contributed by atoms with E-state index in [-0.39, 0.29) is 28.7 Å². The van der Waals surface area contributed by atoms with Gasteiger partial charge in [-0.25, -0.2) is 0 Å². The van der Waals surface area contributed by atoms with Crippen molar-refractivity contribution in [2.24, 2.45) is 5.92 Å². The molecule has 2 aliphatic rings. The van der Waals surface area contributed by atoms with Crippen LogP contribution in [0, 0.1) is 11.1 Å². The van der Waals surface area contributed by atoms with Gasteiger partial charge in [-0.15, -0.1) is 0 Å². The lowest BCUT2D eigenvalue weighted by atomic mass is 9.83. The lowest BCUT2D eigenvalue weighted by molar-refractivity contribution is 0.0596. The highest BCUT2D eigenvalue weighted by molar-refractivity contribution is 6.06. The van der Waals surface area contributed by atoms with Crippen molar-refractivity contribution in [2.75, 3.05) is 18.3 Å². The zero-order chi connectivity index (χ0) is 21.9. The van der Waals surface area contributed by atoms with Crippen molar-refractivity contribution in [3.63, 3.8) is 0 Å². The van der Waals surface area contributed by atoms with Crippen molar-refractivity contribution >= 4 is 22.5 Å². The van der Waals surface area contributed by atoms with Gasteiger partial charge >= 0.3 is 0 Å². The van der Waals surface area contributed by atoms with Gasteiger partial charge in [-0.05, 0) is 56.5 Å². The van der Waals surface area contributed by atoms with Gasteiger partial charge in [-0.2, -0.15) is 0 Å². The summed E-state index contributed by atoms with van der Waals surface area (Å²) in [4.78, 5) is 28.0. The lowest BCUT2D eigenvalue weighted by Crippen LogP contribution is -2.49. The van der Waals surface area contributed by atoms with Crippen LogP contribution in [-0.4, -0.2) is 38.2 Å². The second-order valence-electron chi connectivity index (χ2n) is 8.90. The standard InChI is InChI=1S/C23H25N4O4/c1-14(2)25-9-8-17-18(4-3-5-20(17)25)22(28)24-11-15-10-16(13-24)19-6-7-21(27(30)31)23(29)26(19)12-15/h3-9,14-16,30H,10-13H2,1-2H3/q-1. The summed E-state index contributed by atoms with van der Waals surface area (Å²) in [5.41, 5.74) is 1.80. The molecule has 0 aliphatic carbocycles. The van der Waals surface area contributed by atoms with Crippen LogP contribution in [0.1, 0.15) is 48.3 Å². The van der Waals surface area contributed by atoms with E-state index in [1.54, 1.807) is 10.6 Å². The number of fused-ring (bicyclic) bond motifs is 5. The molecule has 1 aromatic carbocycles. The van der Waals surface area contributed by atoms with Gasteiger partial charge in [0.2, 0.25) is 0 Å². The molecule has 8 nitrogen and oxygen atoms in total. The molecule has 5 rings (SSSR count). The van der Waals surface area contributed by atoms with Crippen LogP contribution in [-0.2, 0) is 6.54 Å². The number of amides is 1. The van der Waals surface area contributed by atoms with Crippen molar-refractivity contribution < 1.29 is 10.0 Å². The van der Waals surface area contributed by atoms with E-state index in [0.717, 1.165) is 23.0 Å². The van der Waals surface area contributed by atoms with Crippen LogP contribution >= 0.6 is 0 Å². The first kappa shape index (κ1) is 19.8. The average Bonchev–Trinajstić information content (AvgIpc) is 3.18. The third-order valence-electron chi connectivity index (χ3n) is 6.63. The minimum atomic E-state index is -0.482. The van der Waals surface area contributed by atoms with Crippen molar-refractivity contribution in [1.82, 2.24) is 14.0 Å². The van der Waals surface area contributed by atoms with E-state index in [1.807, 2.05) is 35.4 Å². The van der Waals surface area contributed by atoms with E-state index in [1.165, 1.54) is 6.07 Å². The van der Waals surface area contributed by atoms with E-state index in [0.29, 0.717) is 31.2 Å². The number of benzene rings is 1. The molecule has 2 aliphatic heterocycles. The molecule has 3 aromatic rings. The maximum Gasteiger partial charge on any atom is 0.275 e. The zero-order valence-electron chi connectivity index (χ0n) is 17.6. The van der Waals surface area contributed by atoms with Crippen LogP contribution in [0.25, 0.3) is 10.9 Å². The quantitative estimate of drug-likeness (QED) is 0.655. The van der Waals surface area contributed by atoms with Crippen LogP contribution in [0.3, 0.4) is 0 Å². The Morgan fingerprint density at radius 2 is 1.97 bits per heavy atom. The number of carbonyl (C=O) groups is 1. The molecule has 0 radical (unpaired) electrons. The summed E-state index contributed by atoms with van der Waals surface area (Å²) in [7, 11) is 0. The molecule has 0 spiro atoms. The Kier molecular flexibility index (Phi) is 4.64. The third kappa shape index (κ3) is 3.14. The second kappa shape index (κ2) is 7.25. The van der Waals surface area contributed by atoms with Crippen molar-refractivity contribution in [1.29, 1.82) is 0 Å². The Labute approximate surface area is 179 Å². The number of pyridine rings is 1. The Balaban J connectivity index is 1.47. The number of hydrogen-bond donors (Lipinski definition) is 1. The molecule has 162 valence electrons. The molecular formula is C23H25N4O4-. The van der Waals surface area contributed by atoms with E-state index in [4.69, 9.17) is 0 Å². The Morgan fingerprint density at radius 1 is 1.16 bits per heavy atom. The molecule has 0 saturated carbocycles. The first-order chi connectivity index (χ1) is 14.8. The number of likely N-dealkylation sites (tertiary alicyclic amines) is 1. The number of anilines is 1. The van der Waals surface area contributed by atoms with Gasteiger partial charge in [0, 0.05) is 60.0 Å². The van der Waals surface area contributed by atoms with E-state index in [9.17, 15) is 20.0 Å². The van der Waals surface area contributed by atoms with Gasteiger partial charge in [-0.1, -0.05) is 6.07 Å². The Hall–Kier alpha value is -3.10. The van der Waals surface area contributed by atoms with Crippen LogP contribution in [0.2, 0.25) is 0 Å². The van der Waals surface area contributed by atoms with Crippen LogP contribution in [0.4, 0.5) is 5.69 Å². The fourth-order valence-corrected chi connectivity index (χ4v) is 5.24. The first-order valence-corrected chi connectivity index (χ1v) is 10.6. The highest BCUT2D eigenvalue weighted by Crippen LogP contribution is 2.36. The van der Waals surface area contributed by atoms with Crippen molar-refractivity contribution in [3.8, 4) is 0 Å². The fraction of sp³-hybridized carbons (Fsp3) is 0.391. The molecule has 2 unspecified atom stereocenters. The number of rotatable bonds is 3. The molecular weight excluding hydrogens is 396 g/mol. The average molecular weight is 421 g/mol. The zero-order valence-corrected chi connectivity index (χ0v) is 17.6. The molecule has 1 saturated heterocycles. The van der Waals surface area contributed by atoms with Crippen LogP contribution in [0.15, 0.2) is 47.4 Å². The SMILES string of the molecule is CC(C)n1ccc2c(C(=O)N3CC4CC(C3)c3ccc(N([O-])O)c(=O)n3C4)cccc21. The monoisotopic (exact) mass is 421 g/mol. The molecule has 1 N–H and O–H groups in total. The van der Waals surface area contributed by atoms with Crippen LogP contribution in [0.5, 0.6) is 0 Å². The summed E-state index contributed by atoms with van der Waals surface area (Å²) in [5, 5.41) is 21.0. The smallest absolute Gasteiger partial charge is 0.275 e. The maximum absolute atomic E-state index is 13.5. The van der Waals surface area contributed by atoms with Crippen LogP contribution < -0.4 is 10.8 Å². The predicted octanol–water partition coefficient (Wildman–Crippen LogP) is 3.34. The Morgan fingerprint density at radius 3 is 2.71 bits per heavy atom. The molecule has 31 heavy (non-hydrogen) atoms. The van der Waals surface area contributed by atoms with E-state index in [2.05, 4.69) is 18.4 Å². The molecule has 4 heterocycles. The second-order valence-corrected chi connectivity index (χ2v) is 8.90. The highest BCUT2D eigenvalue weighted by atomic mass is 16.8. The Bertz CT molecular complexity index is 1230. The highest BCUT2D eigenvalue weighted by Gasteiger charge is 2.37. The fourth-order valence-electron chi connectivity index (χ4n) is 5.24. The van der Waals surface area contributed by atoms with E-state index < -0.39 is 5.56 Å². The predicted molar refractivity (Wildman–Crippen MR) is 117 cm³/mol. The summed E-state index contributed by atoms with van der Waals surface area (Å²) in [6, 6.07) is 11.2. The summed E-state index contributed by atoms with van der Waals surface area (Å²) in [5.74, 6) is 0.160. The van der Waals surface area contributed by atoms with Gasteiger partial charge in [0.25, 0.3) is 11.5 Å². The number of nitrogens with zero attached hydrogens (tertiary/aromatic N) is 4. The van der Waals surface area contributed by atoms with Gasteiger partial charge in [0.1, 0.15) is 5.69 Å². The van der Waals surface area contributed by atoms with Crippen molar-refractivity contribution in [3.05, 3.63) is 69.4 Å². The topological polar surface area (TPSA) is 93.8 Å². The number of aromatic nitrogens is 2. The first-order valence-electron chi connectivity index (χ1n) is 10.6. The van der Waals surface area contributed by atoms with Gasteiger partial charge in [0.15, 0.2) is 0 Å². The number of hydrogen-bond acceptors (Lipinski definition) is 5. The molecule has 2 aromatic heterocycles. The third-order valence-corrected chi connectivity index (χ3v) is 6.63. The van der Waals surface area contributed by atoms with Gasteiger partial charge in [-0.3, -0.25) is 14.8 Å². The normalized spacial score (nSPS) is 20.2. The molecule has 2 bridgehead atoms. The maximum atomic E-state index is 13.5. The number of carbonyl (C=O) groups excluding carboxylic acids is 1. The molecule has 8 heteroatoms. The molecule has 1 fully saturated rings. The minimum absolute atomic E-state index is 0.00955. The largest absolute Gasteiger partial charge is 0.733 e. The number of piperidine rings is 1. The summed E-state index contributed by atoms with van der Waals surface area (Å²) in [6.45, 7) is 5.76. The van der Waals surface area contributed by atoms with E-state index >= 15 is 0 Å². The molecule has 1 amide bonds. The van der Waals surface area contributed by atoms with Gasteiger partial charge in [0.05, 0.1) is 0 Å². The van der Waals surface area contributed by atoms with Crippen molar-refractivity contribution in [2.45, 2.75) is 38.8 Å². The summed E-state index contributed by atoms with van der Waals surface area (Å²) < 4.78 is 3.75.